The Kier molecular flexibility index (Phi) is 4.76. The van der Waals surface area contributed by atoms with Gasteiger partial charge in [0.2, 0.25) is 17.6 Å². The third-order valence-corrected chi connectivity index (χ3v) is 6.14. The molecular formula is C18H21N3O4S. The van der Waals surface area contributed by atoms with Crippen molar-refractivity contribution < 1.29 is 19.2 Å². The number of hydrogen-bond acceptors (Lipinski definition) is 6. The van der Waals surface area contributed by atoms with Crippen LogP contribution in [0.15, 0.2) is 21.3 Å². The Morgan fingerprint density at radius 1 is 1.35 bits per heavy atom. The number of carbonyl (C=O) groups is 2. The largest absolute Gasteiger partial charge is 0.480 e. The van der Waals surface area contributed by atoms with Crippen molar-refractivity contribution in [2.24, 2.45) is 5.92 Å². The van der Waals surface area contributed by atoms with E-state index in [0.29, 0.717) is 30.5 Å². The van der Waals surface area contributed by atoms with Gasteiger partial charge in [0.05, 0.1) is 0 Å². The highest BCUT2D eigenvalue weighted by Crippen LogP contribution is 2.40. The van der Waals surface area contributed by atoms with Crippen LogP contribution in [0.25, 0.3) is 11.4 Å². The van der Waals surface area contributed by atoms with Crippen molar-refractivity contribution >= 4 is 23.2 Å². The molecule has 2 aromatic heterocycles. The molecule has 2 aliphatic rings. The predicted octanol–water partition coefficient (Wildman–Crippen LogP) is 2.98. The third-order valence-electron chi connectivity index (χ3n) is 5.46. The van der Waals surface area contributed by atoms with Gasteiger partial charge in [-0.05, 0) is 36.6 Å². The van der Waals surface area contributed by atoms with E-state index in [-0.39, 0.29) is 18.4 Å². The summed E-state index contributed by atoms with van der Waals surface area (Å²) in [5.41, 5.74) is 0.895. The van der Waals surface area contributed by atoms with Crippen molar-refractivity contribution in [2.45, 2.75) is 57.0 Å². The van der Waals surface area contributed by atoms with Crippen LogP contribution < -0.4 is 0 Å². The minimum atomic E-state index is -0.898. The van der Waals surface area contributed by atoms with Crippen molar-refractivity contribution in [3.8, 4) is 11.4 Å². The first-order valence-corrected chi connectivity index (χ1v) is 9.97. The number of nitrogens with zero attached hydrogens (tertiary/aromatic N) is 3. The van der Waals surface area contributed by atoms with Gasteiger partial charge in [-0.25, -0.2) is 4.79 Å². The van der Waals surface area contributed by atoms with E-state index in [9.17, 15) is 14.7 Å². The summed E-state index contributed by atoms with van der Waals surface area (Å²) in [6.45, 7) is 0. The van der Waals surface area contributed by atoms with Crippen LogP contribution in [0.5, 0.6) is 0 Å². The lowest BCUT2D eigenvalue weighted by Crippen LogP contribution is -2.46. The van der Waals surface area contributed by atoms with Crippen LogP contribution in [0.1, 0.15) is 44.4 Å². The van der Waals surface area contributed by atoms with E-state index in [2.05, 4.69) is 10.1 Å². The second-order valence-corrected chi connectivity index (χ2v) is 7.81. The van der Waals surface area contributed by atoms with Gasteiger partial charge < -0.3 is 14.5 Å². The van der Waals surface area contributed by atoms with Crippen molar-refractivity contribution in [1.82, 2.24) is 15.0 Å². The summed E-state index contributed by atoms with van der Waals surface area (Å²) < 4.78 is 5.24. The number of hydrogen-bond donors (Lipinski definition) is 1. The number of carboxylic acid groups (broad SMARTS) is 1. The summed E-state index contributed by atoms with van der Waals surface area (Å²) in [5, 5.41) is 17.4. The highest BCUT2D eigenvalue weighted by Gasteiger charge is 2.47. The van der Waals surface area contributed by atoms with Crippen LogP contribution >= 0.6 is 11.3 Å². The zero-order valence-corrected chi connectivity index (χ0v) is 15.2. The molecule has 1 saturated heterocycles. The predicted molar refractivity (Wildman–Crippen MR) is 94.6 cm³/mol. The lowest BCUT2D eigenvalue weighted by molar-refractivity contribution is -0.149. The van der Waals surface area contributed by atoms with Crippen LogP contribution in [-0.2, 0) is 16.0 Å². The lowest BCUT2D eigenvalue weighted by Gasteiger charge is -2.33. The van der Waals surface area contributed by atoms with Crippen molar-refractivity contribution in [1.29, 1.82) is 0 Å². The molecule has 3 unspecified atom stereocenters. The number of fused-ring (bicyclic) bond motifs is 1. The van der Waals surface area contributed by atoms with E-state index in [0.717, 1.165) is 31.2 Å². The first-order valence-electron chi connectivity index (χ1n) is 9.02. The van der Waals surface area contributed by atoms with Crippen LogP contribution in [0.4, 0.5) is 0 Å². The summed E-state index contributed by atoms with van der Waals surface area (Å²) >= 11 is 1.55. The molecule has 2 aromatic rings. The molecule has 1 aliphatic carbocycles. The average molecular weight is 375 g/mol. The molecular weight excluding hydrogens is 354 g/mol. The van der Waals surface area contributed by atoms with Gasteiger partial charge in [-0.15, -0.1) is 0 Å². The normalized spacial score (nSPS) is 25.2. The maximum Gasteiger partial charge on any atom is 0.326 e. The molecule has 1 saturated carbocycles. The standard InChI is InChI=1S/C18H21N3O4S/c22-16(6-5-15-19-17(20-25-15)12-7-8-26-10-12)21-13-4-2-1-3-11(13)9-14(21)18(23)24/h7-8,10-11,13-14H,1-6,9H2,(H,23,24). The molecule has 8 heteroatoms. The molecule has 3 heterocycles. The van der Waals surface area contributed by atoms with Crippen LogP contribution in [0.3, 0.4) is 0 Å². The number of likely N-dealkylation sites (tertiary alicyclic amines) is 1. The molecule has 1 amide bonds. The van der Waals surface area contributed by atoms with Gasteiger partial charge in [0, 0.05) is 29.8 Å². The molecule has 1 aliphatic heterocycles. The number of aryl methyl sites for hydroxylation is 1. The Bertz CT molecular complexity index is 788. The molecule has 0 radical (unpaired) electrons. The van der Waals surface area contributed by atoms with E-state index in [1.54, 1.807) is 16.2 Å². The van der Waals surface area contributed by atoms with E-state index in [4.69, 9.17) is 4.52 Å². The quantitative estimate of drug-likeness (QED) is 0.863. The number of carbonyl (C=O) groups excluding carboxylic acids is 1. The average Bonchev–Trinajstić information content (AvgIpc) is 3.37. The van der Waals surface area contributed by atoms with E-state index in [1.165, 1.54) is 0 Å². The van der Waals surface area contributed by atoms with E-state index < -0.39 is 12.0 Å². The van der Waals surface area contributed by atoms with E-state index >= 15 is 0 Å². The molecule has 0 bridgehead atoms. The first-order chi connectivity index (χ1) is 12.6. The first kappa shape index (κ1) is 17.2. The maximum absolute atomic E-state index is 12.8. The highest BCUT2D eigenvalue weighted by molar-refractivity contribution is 7.08. The second kappa shape index (κ2) is 7.19. The lowest BCUT2D eigenvalue weighted by atomic mass is 9.84. The summed E-state index contributed by atoms with van der Waals surface area (Å²) in [5.74, 6) is 0.228. The van der Waals surface area contributed by atoms with Gasteiger partial charge in [-0.1, -0.05) is 18.0 Å². The van der Waals surface area contributed by atoms with Crippen molar-refractivity contribution in [3.63, 3.8) is 0 Å². The van der Waals surface area contributed by atoms with Gasteiger partial charge in [0.1, 0.15) is 6.04 Å². The Labute approximate surface area is 155 Å². The van der Waals surface area contributed by atoms with Crippen LogP contribution in [0.2, 0.25) is 0 Å². The van der Waals surface area contributed by atoms with Gasteiger partial charge in [0.15, 0.2) is 0 Å². The highest BCUT2D eigenvalue weighted by atomic mass is 32.1. The monoisotopic (exact) mass is 375 g/mol. The minimum absolute atomic E-state index is 0.0707. The fourth-order valence-corrected chi connectivity index (χ4v) is 4.88. The van der Waals surface area contributed by atoms with Crippen molar-refractivity contribution in [2.75, 3.05) is 0 Å². The number of aromatic nitrogens is 2. The Balaban J connectivity index is 1.42. The number of amides is 1. The number of rotatable bonds is 5. The fourth-order valence-electron chi connectivity index (χ4n) is 4.25. The third kappa shape index (κ3) is 3.25. The summed E-state index contributed by atoms with van der Waals surface area (Å²) in [6, 6.07) is 1.29. The molecule has 2 fully saturated rings. The molecule has 138 valence electrons. The van der Waals surface area contributed by atoms with Gasteiger partial charge in [-0.2, -0.15) is 16.3 Å². The van der Waals surface area contributed by atoms with Crippen LogP contribution in [0, 0.1) is 5.92 Å². The molecule has 7 nitrogen and oxygen atoms in total. The van der Waals surface area contributed by atoms with Gasteiger partial charge in [-0.3, -0.25) is 4.79 Å². The van der Waals surface area contributed by atoms with E-state index in [1.807, 2.05) is 16.8 Å². The van der Waals surface area contributed by atoms with Crippen LogP contribution in [-0.4, -0.2) is 44.1 Å². The molecule has 4 rings (SSSR count). The summed E-state index contributed by atoms with van der Waals surface area (Å²) in [4.78, 5) is 30.4. The molecule has 1 N–H and O–H groups in total. The molecule has 0 aromatic carbocycles. The van der Waals surface area contributed by atoms with Gasteiger partial charge in [0.25, 0.3) is 0 Å². The molecule has 3 atom stereocenters. The molecule has 0 spiro atoms. The zero-order valence-electron chi connectivity index (χ0n) is 14.3. The summed E-state index contributed by atoms with van der Waals surface area (Å²) in [6.07, 6.45) is 5.21. The SMILES string of the molecule is O=C(O)C1CC2CCCCC2N1C(=O)CCc1nc(-c2ccsc2)no1. The maximum atomic E-state index is 12.8. The fraction of sp³-hybridized carbons (Fsp3) is 0.556. The Morgan fingerprint density at radius 3 is 2.96 bits per heavy atom. The molecule has 26 heavy (non-hydrogen) atoms. The van der Waals surface area contributed by atoms with Crippen molar-refractivity contribution in [3.05, 3.63) is 22.7 Å². The Hall–Kier alpha value is -2.22. The summed E-state index contributed by atoms with van der Waals surface area (Å²) in [7, 11) is 0. The minimum Gasteiger partial charge on any atom is -0.480 e. The zero-order chi connectivity index (χ0) is 18.1. The Morgan fingerprint density at radius 2 is 2.19 bits per heavy atom. The number of aliphatic carboxylic acids is 1. The smallest absolute Gasteiger partial charge is 0.326 e. The second-order valence-electron chi connectivity index (χ2n) is 7.03. The van der Waals surface area contributed by atoms with Gasteiger partial charge >= 0.3 is 5.97 Å². The topological polar surface area (TPSA) is 96.5 Å². The number of carboxylic acids is 1. The number of thiophene rings is 1.